The number of pyridine rings is 1. The van der Waals surface area contributed by atoms with Gasteiger partial charge in [0.25, 0.3) is 0 Å². The van der Waals surface area contributed by atoms with E-state index in [1.807, 2.05) is 48.5 Å². The number of nitrogens with one attached hydrogen (secondary N) is 1. The number of urea groups is 1. The number of nitrogens with zero attached hydrogens (tertiary/aromatic N) is 5. The van der Waals surface area contributed by atoms with Gasteiger partial charge in [0.2, 0.25) is 0 Å². The molecule has 1 aromatic heterocycles. The molecule has 0 aliphatic carbocycles. The first-order valence-electron chi connectivity index (χ1n) is 11.5. The summed E-state index contributed by atoms with van der Waals surface area (Å²) in [5.74, 6) is 0.143. The second kappa shape index (κ2) is 9.52. The van der Waals surface area contributed by atoms with Crippen molar-refractivity contribution in [3.05, 3.63) is 84.2 Å². The summed E-state index contributed by atoms with van der Waals surface area (Å²) in [5, 5.41) is 19.5. The number of likely N-dealkylation sites (N-methyl/N-ethyl adjacent to an activating group) is 1. The number of phenols is 1. The lowest BCUT2D eigenvalue weighted by atomic mass is 9.98. The van der Waals surface area contributed by atoms with Crippen molar-refractivity contribution in [3.63, 3.8) is 0 Å². The highest BCUT2D eigenvalue weighted by atomic mass is 16.3. The molecule has 3 aromatic rings. The summed E-state index contributed by atoms with van der Waals surface area (Å²) in [7, 11) is 2.14. The first-order chi connectivity index (χ1) is 16.6. The van der Waals surface area contributed by atoms with Crippen LogP contribution in [0.2, 0.25) is 0 Å². The number of anilines is 2. The third kappa shape index (κ3) is 4.58. The van der Waals surface area contributed by atoms with Gasteiger partial charge in [0, 0.05) is 67.5 Å². The quantitative estimate of drug-likeness (QED) is 0.622. The lowest BCUT2D eigenvalue weighted by molar-refractivity contribution is 0.199. The van der Waals surface area contributed by atoms with Crippen molar-refractivity contribution in [1.29, 1.82) is 0 Å². The molecule has 0 spiro atoms. The molecule has 0 bridgehead atoms. The van der Waals surface area contributed by atoms with Crippen molar-refractivity contribution in [1.82, 2.24) is 14.9 Å². The van der Waals surface area contributed by atoms with E-state index in [4.69, 9.17) is 0 Å². The third-order valence-electron chi connectivity index (χ3n) is 6.40. The van der Waals surface area contributed by atoms with E-state index in [2.05, 4.69) is 32.2 Å². The smallest absolute Gasteiger partial charge is 0.342 e. The van der Waals surface area contributed by atoms with Gasteiger partial charge in [-0.25, -0.2) is 9.80 Å². The number of carbonyl (C=O) groups is 1. The molecule has 1 fully saturated rings. The normalized spacial score (nSPS) is 18.6. The number of hydrogen-bond acceptors (Lipinski definition) is 6. The second-order valence-electron chi connectivity index (χ2n) is 8.68. The fraction of sp³-hybridized carbons (Fsp3) is 0.269. The highest BCUT2D eigenvalue weighted by molar-refractivity contribution is 6.04. The number of hydrogen-bond donors (Lipinski definition) is 2. The molecule has 1 saturated heterocycles. The molecule has 8 heteroatoms. The molecule has 2 N–H and O–H groups in total. The van der Waals surface area contributed by atoms with Crippen molar-refractivity contribution >= 4 is 23.1 Å². The topological polar surface area (TPSA) is 84.3 Å². The van der Waals surface area contributed by atoms with Crippen LogP contribution in [-0.2, 0) is 0 Å². The molecule has 8 nitrogen and oxygen atoms in total. The zero-order chi connectivity index (χ0) is 23.5. The summed E-state index contributed by atoms with van der Waals surface area (Å²) in [4.78, 5) is 22.2. The molecule has 5 rings (SSSR count). The number of para-hydroxylation sites is 1. The maximum atomic E-state index is 13.3. The van der Waals surface area contributed by atoms with Gasteiger partial charge in [0.05, 0.1) is 11.8 Å². The molecule has 2 aliphatic heterocycles. The van der Waals surface area contributed by atoms with E-state index in [1.165, 1.54) is 5.01 Å². The number of benzene rings is 2. The summed E-state index contributed by atoms with van der Waals surface area (Å²) in [5.41, 5.74) is 4.11. The number of rotatable bonds is 4. The zero-order valence-corrected chi connectivity index (χ0v) is 19.1. The first-order valence-corrected chi connectivity index (χ1v) is 11.5. The van der Waals surface area contributed by atoms with Gasteiger partial charge in [-0.15, -0.1) is 0 Å². The minimum absolute atomic E-state index is 0.143. The lowest BCUT2D eigenvalue weighted by Gasteiger charge is -2.34. The van der Waals surface area contributed by atoms with Crippen LogP contribution in [0.25, 0.3) is 0 Å². The molecule has 1 unspecified atom stereocenters. The highest BCUT2D eigenvalue weighted by Crippen LogP contribution is 2.37. The maximum Gasteiger partial charge on any atom is 0.342 e. The number of piperazine rings is 1. The van der Waals surface area contributed by atoms with Crippen LogP contribution >= 0.6 is 0 Å². The molecule has 2 aliphatic rings. The predicted molar refractivity (Wildman–Crippen MR) is 133 cm³/mol. The molecule has 2 aromatic carbocycles. The van der Waals surface area contributed by atoms with Crippen LogP contribution in [0, 0.1) is 0 Å². The molecule has 2 amide bonds. The van der Waals surface area contributed by atoms with Gasteiger partial charge < -0.3 is 20.2 Å². The van der Waals surface area contributed by atoms with Crippen LogP contribution in [0.1, 0.15) is 23.6 Å². The van der Waals surface area contributed by atoms with Gasteiger partial charge in [-0.3, -0.25) is 4.98 Å². The van der Waals surface area contributed by atoms with Gasteiger partial charge in [-0.2, -0.15) is 5.10 Å². The van der Waals surface area contributed by atoms with E-state index in [0.29, 0.717) is 17.7 Å². The Morgan fingerprint density at radius 2 is 1.76 bits per heavy atom. The summed E-state index contributed by atoms with van der Waals surface area (Å²) < 4.78 is 0. The predicted octanol–water partition coefficient (Wildman–Crippen LogP) is 3.92. The number of phenolic OH excluding ortho intramolecular Hbond substituents is 1. The van der Waals surface area contributed by atoms with Crippen molar-refractivity contribution in [2.24, 2.45) is 5.10 Å². The average molecular weight is 457 g/mol. The van der Waals surface area contributed by atoms with Crippen LogP contribution in [0.3, 0.4) is 0 Å². The molecule has 0 saturated carbocycles. The van der Waals surface area contributed by atoms with Gasteiger partial charge in [-0.1, -0.05) is 24.3 Å². The van der Waals surface area contributed by atoms with E-state index in [-0.39, 0.29) is 11.8 Å². The van der Waals surface area contributed by atoms with Crippen LogP contribution in [0.15, 0.2) is 78.2 Å². The summed E-state index contributed by atoms with van der Waals surface area (Å²) in [6.45, 7) is 4.06. The van der Waals surface area contributed by atoms with Gasteiger partial charge in [-0.05, 0) is 43.4 Å². The van der Waals surface area contributed by atoms with Gasteiger partial charge in [0.1, 0.15) is 5.75 Å². The minimum atomic E-state index is -0.416. The highest BCUT2D eigenvalue weighted by Gasteiger charge is 2.34. The maximum absolute atomic E-state index is 13.3. The molecular formula is C26H28N6O2. The van der Waals surface area contributed by atoms with Crippen LogP contribution in [0.5, 0.6) is 5.75 Å². The van der Waals surface area contributed by atoms with E-state index in [0.717, 1.165) is 43.1 Å². The number of amides is 2. The van der Waals surface area contributed by atoms with Crippen molar-refractivity contribution in [3.8, 4) is 5.75 Å². The van der Waals surface area contributed by atoms with Gasteiger partial charge in [0.15, 0.2) is 0 Å². The van der Waals surface area contributed by atoms with E-state index < -0.39 is 6.04 Å². The Kier molecular flexibility index (Phi) is 6.14. The molecule has 0 radical (unpaired) electrons. The SMILES string of the molecule is CN1CCN(c2ccc(NC(=O)N3N=C(c4cccnc4)CC3c3ccccc3O)cc2)CC1. The summed E-state index contributed by atoms with van der Waals surface area (Å²) in [6.07, 6.45) is 3.92. The number of aromatic hydroxyl groups is 1. The fourth-order valence-electron chi connectivity index (χ4n) is 4.42. The number of carbonyl (C=O) groups excluding carboxylic acids is 1. The number of aromatic nitrogens is 1. The van der Waals surface area contributed by atoms with Crippen molar-refractivity contribution < 1.29 is 9.90 Å². The fourth-order valence-corrected chi connectivity index (χ4v) is 4.42. The number of hydrazone groups is 1. The lowest BCUT2D eigenvalue weighted by Crippen LogP contribution is -2.44. The standard InChI is InChI=1S/C26H28N6O2/c1-30-13-15-31(16-14-30)21-10-8-20(9-11-21)28-26(34)32-24(22-6-2-3-7-25(22)33)17-23(29-32)19-5-4-12-27-18-19/h2-12,18,24,33H,13-17H2,1H3,(H,28,34). The van der Waals surface area contributed by atoms with Crippen molar-refractivity contribution in [2.45, 2.75) is 12.5 Å². The third-order valence-corrected chi connectivity index (χ3v) is 6.40. The zero-order valence-electron chi connectivity index (χ0n) is 19.1. The summed E-state index contributed by atoms with van der Waals surface area (Å²) in [6, 6.07) is 18.0. The Hall–Kier alpha value is -3.91. The molecule has 174 valence electrons. The van der Waals surface area contributed by atoms with E-state index in [1.54, 1.807) is 24.5 Å². The Labute approximate surface area is 199 Å². The van der Waals surface area contributed by atoms with Crippen molar-refractivity contribution in [2.75, 3.05) is 43.4 Å². The van der Waals surface area contributed by atoms with Crippen LogP contribution in [-0.4, -0.2) is 65.0 Å². The average Bonchev–Trinajstić information content (AvgIpc) is 3.31. The first kappa shape index (κ1) is 21.9. The monoisotopic (exact) mass is 456 g/mol. The van der Waals surface area contributed by atoms with Gasteiger partial charge >= 0.3 is 6.03 Å². The largest absolute Gasteiger partial charge is 0.508 e. The molecular weight excluding hydrogens is 428 g/mol. The Morgan fingerprint density at radius 3 is 2.47 bits per heavy atom. The molecule has 1 atom stereocenters. The molecule has 34 heavy (non-hydrogen) atoms. The Bertz CT molecular complexity index is 1170. The van der Waals surface area contributed by atoms with Crippen LogP contribution < -0.4 is 10.2 Å². The molecule has 3 heterocycles. The van der Waals surface area contributed by atoms with Crippen LogP contribution in [0.4, 0.5) is 16.2 Å². The second-order valence-corrected chi connectivity index (χ2v) is 8.68. The van der Waals surface area contributed by atoms with E-state index in [9.17, 15) is 9.90 Å². The minimum Gasteiger partial charge on any atom is -0.508 e. The van der Waals surface area contributed by atoms with E-state index >= 15 is 0 Å². The Morgan fingerprint density at radius 1 is 1.00 bits per heavy atom. The summed E-state index contributed by atoms with van der Waals surface area (Å²) >= 11 is 0. The Balaban J connectivity index is 1.35.